The number of halogens is 1. The average Bonchev–Trinajstić information content (AvgIpc) is 2.92. The van der Waals surface area contributed by atoms with Crippen molar-refractivity contribution in [1.29, 1.82) is 0 Å². The van der Waals surface area contributed by atoms with Gasteiger partial charge in [0.15, 0.2) is 0 Å². The number of fused-ring (bicyclic) bond motifs is 1. The van der Waals surface area contributed by atoms with Gasteiger partial charge in [-0.3, -0.25) is 0 Å². The van der Waals surface area contributed by atoms with Crippen LogP contribution in [0, 0.1) is 0 Å². The van der Waals surface area contributed by atoms with E-state index in [0.29, 0.717) is 5.28 Å². The number of hydrogen-bond donors (Lipinski definition) is 0. The van der Waals surface area contributed by atoms with Gasteiger partial charge in [0.1, 0.15) is 0 Å². The van der Waals surface area contributed by atoms with Crippen LogP contribution in [0.4, 0.5) is 0 Å². The van der Waals surface area contributed by atoms with Crippen LogP contribution >= 0.6 is 11.6 Å². The van der Waals surface area contributed by atoms with E-state index in [9.17, 15) is 0 Å². The standard InChI is InChI=1S/C20H21ClN2/c21-20-22-18-8-4-5-9-19(18)23(20)14-15-10-12-17(13-11-15)16-6-2-1-3-7-16/h4-5,8-13,16H,1-3,6-7,14H2. The van der Waals surface area contributed by atoms with Gasteiger partial charge in [0.25, 0.3) is 0 Å². The maximum atomic E-state index is 6.32. The van der Waals surface area contributed by atoms with Crippen LogP contribution in [0.5, 0.6) is 0 Å². The SMILES string of the molecule is Clc1nc2ccccc2n1Cc1ccc(C2CCCCC2)cc1. The van der Waals surface area contributed by atoms with Crippen molar-refractivity contribution in [2.45, 2.75) is 44.6 Å². The van der Waals surface area contributed by atoms with Crippen molar-refractivity contribution in [3.8, 4) is 0 Å². The number of para-hydroxylation sites is 2. The van der Waals surface area contributed by atoms with E-state index >= 15 is 0 Å². The number of hydrogen-bond acceptors (Lipinski definition) is 1. The molecule has 1 aromatic heterocycles. The molecule has 1 saturated carbocycles. The Hall–Kier alpha value is -1.80. The predicted octanol–water partition coefficient (Wildman–Crippen LogP) is 5.79. The van der Waals surface area contributed by atoms with Crippen molar-refractivity contribution in [3.63, 3.8) is 0 Å². The fraction of sp³-hybridized carbons (Fsp3) is 0.350. The smallest absolute Gasteiger partial charge is 0.204 e. The Labute approximate surface area is 142 Å². The second-order valence-electron chi connectivity index (χ2n) is 6.53. The molecule has 0 atom stereocenters. The minimum Gasteiger partial charge on any atom is -0.310 e. The Balaban J connectivity index is 1.57. The van der Waals surface area contributed by atoms with E-state index in [2.05, 4.69) is 39.9 Å². The van der Waals surface area contributed by atoms with Crippen molar-refractivity contribution < 1.29 is 0 Å². The average molecular weight is 325 g/mol. The Morgan fingerprint density at radius 1 is 0.957 bits per heavy atom. The monoisotopic (exact) mass is 324 g/mol. The van der Waals surface area contributed by atoms with E-state index in [1.165, 1.54) is 43.2 Å². The lowest BCUT2D eigenvalue weighted by atomic mass is 9.84. The maximum absolute atomic E-state index is 6.32. The molecular formula is C20H21ClN2. The molecule has 118 valence electrons. The first-order chi connectivity index (χ1) is 11.3. The zero-order valence-electron chi connectivity index (χ0n) is 13.2. The molecule has 0 amide bonds. The molecular weight excluding hydrogens is 304 g/mol. The molecule has 1 aliphatic rings. The molecule has 2 nitrogen and oxygen atoms in total. The number of benzene rings is 2. The third-order valence-corrected chi connectivity index (χ3v) is 5.29. The molecule has 0 radical (unpaired) electrons. The zero-order chi connectivity index (χ0) is 15.6. The van der Waals surface area contributed by atoms with Crippen LogP contribution in [0.2, 0.25) is 5.28 Å². The first kappa shape index (κ1) is 14.8. The van der Waals surface area contributed by atoms with Gasteiger partial charge in [-0.1, -0.05) is 55.7 Å². The Bertz CT molecular complexity index is 798. The van der Waals surface area contributed by atoms with E-state index in [4.69, 9.17) is 11.6 Å². The minimum absolute atomic E-state index is 0.558. The second-order valence-corrected chi connectivity index (χ2v) is 6.87. The molecule has 3 heteroatoms. The summed E-state index contributed by atoms with van der Waals surface area (Å²) in [4.78, 5) is 4.43. The topological polar surface area (TPSA) is 17.8 Å². The van der Waals surface area contributed by atoms with Gasteiger partial charge >= 0.3 is 0 Å². The van der Waals surface area contributed by atoms with Crippen LogP contribution < -0.4 is 0 Å². The van der Waals surface area contributed by atoms with Gasteiger partial charge in [0.05, 0.1) is 17.6 Å². The molecule has 23 heavy (non-hydrogen) atoms. The summed E-state index contributed by atoms with van der Waals surface area (Å²) in [7, 11) is 0. The van der Waals surface area contributed by atoms with Gasteiger partial charge in [0, 0.05) is 0 Å². The van der Waals surface area contributed by atoms with Gasteiger partial charge < -0.3 is 4.57 Å². The molecule has 0 aliphatic heterocycles. The van der Waals surface area contributed by atoms with Gasteiger partial charge in [-0.05, 0) is 53.6 Å². The summed E-state index contributed by atoms with van der Waals surface area (Å²) in [5.41, 5.74) is 4.81. The van der Waals surface area contributed by atoms with Crippen LogP contribution in [0.3, 0.4) is 0 Å². The minimum atomic E-state index is 0.558. The summed E-state index contributed by atoms with van der Waals surface area (Å²) in [6.07, 6.45) is 6.85. The number of rotatable bonds is 3. The third kappa shape index (κ3) is 3.00. The fourth-order valence-electron chi connectivity index (χ4n) is 3.71. The van der Waals surface area contributed by atoms with E-state index in [1.807, 2.05) is 18.2 Å². The highest BCUT2D eigenvalue weighted by atomic mass is 35.5. The number of imidazole rings is 1. The van der Waals surface area contributed by atoms with E-state index in [1.54, 1.807) is 0 Å². The molecule has 3 aromatic rings. The van der Waals surface area contributed by atoms with Crippen LogP contribution in [0.15, 0.2) is 48.5 Å². The Morgan fingerprint density at radius 3 is 2.48 bits per heavy atom. The maximum Gasteiger partial charge on any atom is 0.204 e. The van der Waals surface area contributed by atoms with Crippen molar-refractivity contribution in [2.75, 3.05) is 0 Å². The highest BCUT2D eigenvalue weighted by Gasteiger charge is 2.15. The first-order valence-electron chi connectivity index (χ1n) is 8.51. The van der Waals surface area contributed by atoms with Crippen LogP contribution in [0.1, 0.15) is 49.1 Å². The summed E-state index contributed by atoms with van der Waals surface area (Å²) < 4.78 is 2.08. The van der Waals surface area contributed by atoms with Crippen LogP contribution in [0.25, 0.3) is 11.0 Å². The zero-order valence-corrected chi connectivity index (χ0v) is 14.0. The van der Waals surface area contributed by atoms with Crippen LogP contribution in [-0.4, -0.2) is 9.55 Å². The van der Waals surface area contributed by atoms with Crippen molar-refractivity contribution in [2.24, 2.45) is 0 Å². The number of nitrogens with zero attached hydrogens (tertiary/aromatic N) is 2. The highest BCUT2D eigenvalue weighted by Crippen LogP contribution is 2.32. The van der Waals surface area contributed by atoms with Crippen molar-refractivity contribution in [1.82, 2.24) is 9.55 Å². The Morgan fingerprint density at radius 2 is 1.70 bits per heavy atom. The molecule has 1 aliphatic carbocycles. The van der Waals surface area contributed by atoms with Gasteiger partial charge in [-0.15, -0.1) is 0 Å². The molecule has 0 spiro atoms. The molecule has 0 unspecified atom stereocenters. The quantitative estimate of drug-likeness (QED) is 0.596. The first-order valence-corrected chi connectivity index (χ1v) is 8.89. The Kier molecular flexibility index (Phi) is 4.09. The molecule has 2 aromatic carbocycles. The second kappa shape index (κ2) is 6.37. The van der Waals surface area contributed by atoms with Crippen molar-refractivity contribution in [3.05, 3.63) is 64.9 Å². The molecule has 0 bridgehead atoms. The fourth-order valence-corrected chi connectivity index (χ4v) is 3.95. The lowest BCUT2D eigenvalue weighted by Gasteiger charge is -2.22. The summed E-state index contributed by atoms with van der Waals surface area (Å²) >= 11 is 6.32. The van der Waals surface area contributed by atoms with E-state index < -0.39 is 0 Å². The third-order valence-electron chi connectivity index (χ3n) is 5.00. The molecule has 4 rings (SSSR count). The summed E-state index contributed by atoms with van der Waals surface area (Å²) in [6, 6.07) is 17.2. The lowest BCUT2D eigenvalue weighted by molar-refractivity contribution is 0.443. The van der Waals surface area contributed by atoms with Crippen molar-refractivity contribution >= 4 is 22.6 Å². The molecule has 0 N–H and O–H groups in total. The van der Waals surface area contributed by atoms with E-state index in [-0.39, 0.29) is 0 Å². The molecule has 0 saturated heterocycles. The van der Waals surface area contributed by atoms with Gasteiger partial charge in [-0.25, -0.2) is 4.98 Å². The summed E-state index contributed by atoms with van der Waals surface area (Å²) in [6.45, 7) is 0.768. The number of aromatic nitrogens is 2. The summed E-state index contributed by atoms with van der Waals surface area (Å²) in [5, 5.41) is 0.558. The molecule has 1 fully saturated rings. The summed E-state index contributed by atoms with van der Waals surface area (Å²) in [5.74, 6) is 0.760. The molecule has 1 heterocycles. The van der Waals surface area contributed by atoms with E-state index in [0.717, 1.165) is 23.5 Å². The lowest BCUT2D eigenvalue weighted by Crippen LogP contribution is -2.05. The van der Waals surface area contributed by atoms with Gasteiger partial charge in [0.2, 0.25) is 5.28 Å². The highest BCUT2D eigenvalue weighted by molar-refractivity contribution is 6.29. The predicted molar refractivity (Wildman–Crippen MR) is 96.1 cm³/mol. The van der Waals surface area contributed by atoms with Gasteiger partial charge in [-0.2, -0.15) is 0 Å². The van der Waals surface area contributed by atoms with Crippen LogP contribution in [-0.2, 0) is 6.54 Å². The largest absolute Gasteiger partial charge is 0.310 e. The normalized spacial score (nSPS) is 16.0.